The van der Waals surface area contributed by atoms with Crippen LogP contribution in [0.3, 0.4) is 0 Å². The molecule has 2 heterocycles. The van der Waals surface area contributed by atoms with E-state index in [1.165, 1.54) is 47.0 Å². The Labute approximate surface area is 167 Å². The third-order valence-electron chi connectivity index (χ3n) is 3.07. The van der Waals surface area contributed by atoms with Gasteiger partial charge in [-0.2, -0.15) is 5.26 Å². The highest BCUT2D eigenvalue weighted by molar-refractivity contribution is 8.24. The summed E-state index contributed by atoms with van der Waals surface area (Å²) in [6.45, 7) is 0. The van der Waals surface area contributed by atoms with Crippen LogP contribution in [0.5, 0.6) is 0 Å². The monoisotopic (exact) mass is 423 g/mol. The predicted octanol–water partition coefficient (Wildman–Crippen LogP) is 5.36. The van der Waals surface area contributed by atoms with Crippen LogP contribution in [0.2, 0.25) is 5.15 Å². The smallest absolute Gasteiger partial charge is 0.189 e. The van der Waals surface area contributed by atoms with Crippen molar-refractivity contribution in [2.75, 3.05) is 12.0 Å². The van der Waals surface area contributed by atoms with Crippen LogP contribution in [-0.2, 0) is 0 Å². The standard InChI is InChI=1S/C16H10ClN3OS4/c1-22-16-19-13(17)12-14(20-16)25-15(11(7-18)24-12)23-8-10(21)9-5-3-2-4-6-9/h2-6H,8H2,1H3. The van der Waals surface area contributed by atoms with E-state index in [0.29, 0.717) is 25.7 Å². The zero-order valence-corrected chi connectivity index (χ0v) is 16.9. The van der Waals surface area contributed by atoms with Crippen molar-refractivity contribution in [1.29, 1.82) is 5.26 Å². The number of benzene rings is 1. The summed E-state index contributed by atoms with van der Waals surface area (Å²) >= 11 is 11.6. The summed E-state index contributed by atoms with van der Waals surface area (Å²) in [5, 5.41) is 11.1. The molecule has 4 nitrogen and oxygen atoms in total. The van der Waals surface area contributed by atoms with Crippen LogP contribution in [0, 0.1) is 11.3 Å². The molecular weight excluding hydrogens is 414 g/mol. The van der Waals surface area contributed by atoms with Crippen molar-refractivity contribution in [1.82, 2.24) is 9.97 Å². The van der Waals surface area contributed by atoms with Crippen molar-refractivity contribution in [3.05, 3.63) is 50.2 Å². The molecule has 0 unspecified atom stereocenters. The second-order valence-corrected chi connectivity index (χ2v) is 9.04. The van der Waals surface area contributed by atoms with Gasteiger partial charge in [-0.1, -0.05) is 77.2 Å². The fraction of sp³-hybridized carbons (Fsp3) is 0.125. The van der Waals surface area contributed by atoms with Gasteiger partial charge in [-0.05, 0) is 6.26 Å². The summed E-state index contributed by atoms with van der Waals surface area (Å²) in [6, 6.07) is 11.3. The van der Waals surface area contributed by atoms with Crippen molar-refractivity contribution in [3.63, 3.8) is 0 Å². The number of carbonyl (C=O) groups is 1. The molecule has 0 radical (unpaired) electrons. The van der Waals surface area contributed by atoms with Gasteiger partial charge in [0.1, 0.15) is 21.2 Å². The first kappa shape index (κ1) is 18.7. The molecule has 1 aliphatic heterocycles. The van der Waals surface area contributed by atoms with E-state index in [9.17, 15) is 10.1 Å². The van der Waals surface area contributed by atoms with Crippen LogP contribution in [0.15, 0.2) is 54.6 Å². The number of fused-ring (bicyclic) bond motifs is 1. The van der Waals surface area contributed by atoms with Crippen LogP contribution in [-0.4, -0.2) is 27.8 Å². The Bertz CT molecular complexity index is 896. The Morgan fingerprint density at radius 2 is 2.04 bits per heavy atom. The molecule has 0 bridgehead atoms. The van der Waals surface area contributed by atoms with E-state index in [1.54, 1.807) is 12.1 Å². The largest absolute Gasteiger partial charge is 0.293 e. The molecule has 1 aromatic carbocycles. The van der Waals surface area contributed by atoms with Gasteiger partial charge in [-0.3, -0.25) is 4.79 Å². The molecule has 25 heavy (non-hydrogen) atoms. The molecule has 0 saturated carbocycles. The molecule has 0 saturated heterocycles. The van der Waals surface area contributed by atoms with E-state index in [4.69, 9.17) is 11.6 Å². The molecule has 0 N–H and O–H groups in total. The van der Waals surface area contributed by atoms with E-state index in [1.807, 2.05) is 24.5 Å². The summed E-state index contributed by atoms with van der Waals surface area (Å²) < 4.78 is 0.770. The lowest BCUT2D eigenvalue weighted by atomic mass is 10.2. The number of halogens is 1. The van der Waals surface area contributed by atoms with Crippen LogP contribution >= 0.6 is 58.6 Å². The van der Waals surface area contributed by atoms with Crippen LogP contribution in [0.4, 0.5) is 0 Å². The Morgan fingerprint density at radius 1 is 1.28 bits per heavy atom. The average molecular weight is 424 g/mol. The lowest BCUT2D eigenvalue weighted by molar-refractivity contribution is 0.102. The molecule has 0 fully saturated rings. The van der Waals surface area contributed by atoms with E-state index in [-0.39, 0.29) is 11.5 Å². The van der Waals surface area contributed by atoms with Gasteiger partial charge in [0.05, 0.1) is 14.9 Å². The molecule has 3 rings (SSSR count). The van der Waals surface area contributed by atoms with Crippen molar-refractivity contribution >= 4 is 64.4 Å². The van der Waals surface area contributed by atoms with Crippen molar-refractivity contribution in [2.45, 2.75) is 15.1 Å². The number of Topliss-reactive ketones (excluding diaryl/α,β-unsaturated/α-hetero) is 1. The Kier molecular flexibility index (Phi) is 6.36. The van der Waals surface area contributed by atoms with Gasteiger partial charge >= 0.3 is 0 Å². The number of hydrogen-bond donors (Lipinski definition) is 0. The maximum absolute atomic E-state index is 12.3. The summed E-state index contributed by atoms with van der Waals surface area (Å²) in [7, 11) is 0. The number of allylic oxidation sites excluding steroid dienone is 1. The number of carbonyl (C=O) groups excluding carboxylic acids is 1. The van der Waals surface area contributed by atoms with Gasteiger partial charge in [0.15, 0.2) is 10.9 Å². The third kappa shape index (κ3) is 4.36. The molecule has 2 aromatic rings. The molecule has 0 amide bonds. The first-order valence-corrected chi connectivity index (χ1v) is 11.2. The molecule has 0 atom stereocenters. The molecule has 126 valence electrons. The van der Waals surface area contributed by atoms with Crippen LogP contribution in [0.1, 0.15) is 10.4 Å². The highest BCUT2D eigenvalue weighted by Crippen LogP contribution is 2.51. The van der Waals surface area contributed by atoms with Gasteiger partial charge in [-0.15, -0.1) is 11.8 Å². The van der Waals surface area contributed by atoms with E-state index >= 15 is 0 Å². The summed E-state index contributed by atoms with van der Waals surface area (Å²) in [6.07, 6.45) is 1.88. The summed E-state index contributed by atoms with van der Waals surface area (Å²) in [4.78, 5) is 22.2. The van der Waals surface area contributed by atoms with Crippen molar-refractivity contribution in [3.8, 4) is 6.07 Å². The predicted molar refractivity (Wildman–Crippen MR) is 106 cm³/mol. The number of rotatable bonds is 5. The fourth-order valence-electron chi connectivity index (χ4n) is 1.91. The maximum Gasteiger partial charge on any atom is 0.189 e. The first-order valence-electron chi connectivity index (χ1n) is 6.95. The van der Waals surface area contributed by atoms with Gasteiger partial charge in [0.25, 0.3) is 0 Å². The summed E-state index contributed by atoms with van der Waals surface area (Å²) in [5.41, 5.74) is 0.665. The highest BCUT2D eigenvalue weighted by atomic mass is 35.5. The van der Waals surface area contributed by atoms with E-state index in [2.05, 4.69) is 16.0 Å². The van der Waals surface area contributed by atoms with Gasteiger partial charge in [0.2, 0.25) is 0 Å². The van der Waals surface area contributed by atoms with Gasteiger partial charge < -0.3 is 0 Å². The third-order valence-corrected chi connectivity index (χ3v) is 7.83. The summed E-state index contributed by atoms with van der Waals surface area (Å²) in [5.74, 6) is 0.291. The second-order valence-electron chi connectivity index (χ2n) is 4.65. The lowest BCUT2D eigenvalue weighted by Gasteiger charge is -2.18. The molecule has 0 spiro atoms. The lowest BCUT2D eigenvalue weighted by Crippen LogP contribution is -2.03. The molecule has 0 aliphatic carbocycles. The number of ketones is 1. The van der Waals surface area contributed by atoms with E-state index < -0.39 is 0 Å². The van der Waals surface area contributed by atoms with Crippen molar-refractivity contribution < 1.29 is 4.79 Å². The Hall–Kier alpha value is -1.11. The van der Waals surface area contributed by atoms with Crippen LogP contribution < -0.4 is 0 Å². The molecule has 1 aliphatic rings. The fourth-order valence-corrected chi connectivity index (χ4v) is 6.01. The highest BCUT2D eigenvalue weighted by Gasteiger charge is 2.26. The Balaban J connectivity index is 1.79. The van der Waals surface area contributed by atoms with Gasteiger partial charge in [0, 0.05) is 5.56 Å². The normalized spacial score (nSPS) is 13.3. The van der Waals surface area contributed by atoms with Gasteiger partial charge in [-0.25, -0.2) is 9.97 Å². The minimum atomic E-state index is 0.0253. The molecular formula is C16H10ClN3OS4. The zero-order chi connectivity index (χ0) is 17.8. The topological polar surface area (TPSA) is 66.6 Å². The van der Waals surface area contributed by atoms with Crippen molar-refractivity contribution in [2.24, 2.45) is 0 Å². The average Bonchev–Trinajstić information content (AvgIpc) is 2.65. The second kappa shape index (κ2) is 8.52. The maximum atomic E-state index is 12.3. The number of nitrogens with zero attached hydrogens (tertiary/aromatic N) is 3. The number of hydrogen-bond acceptors (Lipinski definition) is 8. The SMILES string of the molecule is CSc1nc(Cl)c2c(n1)SC(SCC(=O)c1ccccc1)=C(C#N)S2. The minimum Gasteiger partial charge on any atom is -0.293 e. The number of thioether (sulfide) groups is 4. The minimum absolute atomic E-state index is 0.0253. The van der Waals surface area contributed by atoms with E-state index in [0.717, 1.165) is 9.26 Å². The first-order chi connectivity index (χ1) is 12.1. The number of nitriles is 1. The molecule has 1 aromatic heterocycles. The zero-order valence-electron chi connectivity index (χ0n) is 12.9. The molecule has 9 heteroatoms. The van der Waals surface area contributed by atoms with Crippen LogP contribution in [0.25, 0.3) is 0 Å². The number of aromatic nitrogens is 2. The Morgan fingerprint density at radius 3 is 2.72 bits per heavy atom. The quantitative estimate of drug-likeness (QED) is 0.275.